The smallest absolute Gasteiger partial charge is 0.417 e. The van der Waals surface area contributed by atoms with Crippen LogP contribution >= 0.6 is 11.8 Å². The molecule has 0 radical (unpaired) electrons. The van der Waals surface area contributed by atoms with Crippen molar-refractivity contribution in [2.24, 2.45) is 0 Å². The van der Waals surface area contributed by atoms with Crippen LogP contribution in [0.3, 0.4) is 0 Å². The number of carbonyl (C=O) groups excluding carboxylic acids is 1. The maximum absolute atomic E-state index is 12.4. The van der Waals surface area contributed by atoms with Crippen LogP contribution in [0, 0.1) is 0 Å². The summed E-state index contributed by atoms with van der Waals surface area (Å²) in [6, 6.07) is 3.85. The van der Waals surface area contributed by atoms with E-state index in [1.807, 2.05) is 0 Å². The Balaban J connectivity index is 2.04. The number of furan rings is 1. The molecule has 0 unspecified atom stereocenters. The highest BCUT2D eigenvalue weighted by atomic mass is 32.2. The first-order valence-electron chi connectivity index (χ1n) is 5.72. The molecule has 0 saturated heterocycles. The van der Waals surface area contributed by atoms with Gasteiger partial charge in [0.05, 0.1) is 24.0 Å². The van der Waals surface area contributed by atoms with E-state index in [0.29, 0.717) is 16.3 Å². The summed E-state index contributed by atoms with van der Waals surface area (Å²) >= 11 is 1.19. The number of esters is 1. The van der Waals surface area contributed by atoms with Gasteiger partial charge in [-0.2, -0.15) is 13.2 Å². The van der Waals surface area contributed by atoms with E-state index in [9.17, 15) is 18.0 Å². The molecule has 0 N–H and O–H groups in total. The van der Waals surface area contributed by atoms with Crippen molar-refractivity contribution in [1.82, 2.24) is 4.98 Å². The summed E-state index contributed by atoms with van der Waals surface area (Å²) in [5.41, 5.74) is -0.209. The molecule has 112 valence electrons. The normalized spacial score (nSPS) is 11.4. The minimum atomic E-state index is -4.40. The average molecular weight is 317 g/mol. The maximum Gasteiger partial charge on any atom is 0.417 e. The summed E-state index contributed by atoms with van der Waals surface area (Å²) in [7, 11) is 1.24. The van der Waals surface area contributed by atoms with E-state index in [1.54, 1.807) is 6.07 Å². The van der Waals surface area contributed by atoms with Crippen LogP contribution in [-0.2, 0) is 16.7 Å². The number of thioether (sulfide) groups is 1. The fraction of sp³-hybridized carbons (Fsp3) is 0.231. The molecule has 0 aliphatic heterocycles. The number of hydrogen-bond donors (Lipinski definition) is 0. The van der Waals surface area contributed by atoms with Crippen LogP contribution in [0.15, 0.2) is 40.1 Å². The Morgan fingerprint density at radius 1 is 1.38 bits per heavy atom. The predicted molar refractivity (Wildman–Crippen MR) is 68.8 cm³/mol. The van der Waals surface area contributed by atoms with Gasteiger partial charge in [-0.15, -0.1) is 11.8 Å². The van der Waals surface area contributed by atoms with Gasteiger partial charge in [0.15, 0.2) is 0 Å². The van der Waals surface area contributed by atoms with Crippen LogP contribution in [-0.4, -0.2) is 18.1 Å². The summed E-state index contributed by atoms with van der Waals surface area (Å²) in [6.45, 7) is 0. The Morgan fingerprint density at radius 3 is 2.71 bits per heavy atom. The summed E-state index contributed by atoms with van der Waals surface area (Å²) in [6.07, 6.45) is -2.28. The first kappa shape index (κ1) is 15.4. The van der Waals surface area contributed by atoms with Crippen molar-refractivity contribution in [3.63, 3.8) is 0 Å². The van der Waals surface area contributed by atoms with Gasteiger partial charge in [0.25, 0.3) is 0 Å². The highest BCUT2D eigenvalue weighted by molar-refractivity contribution is 7.98. The van der Waals surface area contributed by atoms with Gasteiger partial charge in [-0.1, -0.05) is 0 Å². The third kappa shape index (κ3) is 3.78. The molecule has 8 heteroatoms. The molecule has 2 rings (SSSR count). The van der Waals surface area contributed by atoms with Crippen LogP contribution in [0.2, 0.25) is 0 Å². The summed E-state index contributed by atoms with van der Waals surface area (Å²) in [5, 5.41) is 0.417. The molecule has 0 saturated carbocycles. The van der Waals surface area contributed by atoms with E-state index in [1.165, 1.54) is 31.2 Å². The van der Waals surface area contributed by atoms with Gasteiger partial charge in [-0.05, 0) is 18.2 Å². The van der Waals surface area contributed by atoms with Crippen molar-refractivity contribution in [3.8, 4) is 0 Å². The second-order valence-electron chi connectivity index (χ2n) is 3.94. The maximum atomic E-state index is 12.4. The molecule has 0 atom stereocenters. The molecule has 21 heavy (non-hydrogen) atoms. The van der Waals surface area contributed by atoms with Crippen LogP contribution in [0.4, 0.5) is 13.2 Å². The van der Waals surface area contributed by atoms with Crippen molar-refractivity contribution in [3.05, 3.63) is 47.5 Å². The first-order chi connectivity index (χ1) is 9.91. The van der Waals surface area contributed by atoms with E-state index in [4.69, 9.17) is 4.42 Å². The van der Waals surface area contributed by atoms with Crippen molar-refractivity contribution in [1.29, 1.82) is 0 Å². The lowest BCUT2D eigenvalue weighted by Gasteiger charge is -2.06. The van der Waals surface area contributed by atoms with Gasteiger partial charge < -0.3 is 9.15 Å². The molecule has 2 aromatic heterocycles. The van der Waals surface area contributed by atoms with Gasteiger partial charge in [0, 0.05) is 17.5 Å². The SMILES string of the molecule is COC(=O)c1occc1CSc1ccc(C(F)(F)F)cn1. The second kappa shape index (κ2) is 6.21. The minimum absolute atomic E-state index is 0.0805. The van der Waals surface area contributed by atoms with Crippen LogP contribution in [0.25, 0.3) is 0 Å². The lowest BCUT2D eigenvalue weighted by Crippen LogP contribution is -2.05. The summed E-state index contributed by atoms with van der Waals surface area (Å²) < 4.78 is 46.8. The Labute approximate surface area is 122 Å². The Morgan fingerprint density at radius 2 is 2.14 bits per heavy atom. The molecule has 0 aliphatic rings. The molecule has 0 spiro atoms. The summed E-state index contributed by atoms with van der Waals surface area (Å²) in [4.78, 5) is 15.1. The van der Waals surface area contributed by atoms with E-state index in [-0.39, 0.29) is 5.76 Å². The Hall–Kier alpha value is -1.96. The third-order valence-corrected chi connectivity index (χ3v) is 3.55. The molecule has 2 heterocycles. The molecule has 0 amide bonds. The topological polar surface area (TPSA) is 52.3 Å². The Kier molecular flexibility index (Phi) is 4.56. The number of ether oxygens (including phenoxy) is 1. The highest BCUT2D eigenvalue weighted by Gasteiger charge is 2.30. The summed E-state index contributed by atoms with van der Waals surface area (Å²) in [5.74, 6) is -0.188. The Bertz CT molecular complexity index is 622. The van der Waals surface area contributed by atoms with Gasteiger partial charge in [0.2, 0.25) is 5.76 Å². The zero-order chi connectivity index (χ0) is 15.5. The van der Waals surface area contributed by atoms with Crippen LogP contribution < -0.4 is 0 Å². The van der Waals surface area contributed by atoms with Crippen LogP contribution in [0.5, 0.6) is 0 Å². The molecular formula is C13H10F3NO3S. The molecular weight excluding hydrogens is 307 g/mol. The van der Waals surface area contributed by atoms with Gasteiger partial charge in [0.1, 0.15) is 0 Å². The van der Waals surface area contributed by atoms with E-state index in [0.717, 1.165) is 12.3 Å². The van der Waals surface area contributed by atoms with E-state index < -0.39 is 17.7 Å². The fourth-order valence-corrected chi connectivity index (χ4v) is 2.33. The third-order valence-electron chi connectivity index (χ3n) is 2.56. The molecule has 0 aliphatic carbocycles. The lowest BCUT2D eigenvalue weighted by molar-refractivity contribution is -0.137. The molecule has 4 nitrogen and oxygen atoms in total. The number of rotatable bonds is 4. The fourth-order valence-electron chi connectivity index (χ4n) is 1.51. The molecule has 0 bridgehead atoms. The monoisotopic (exact) mass is 317 g/mol. The predicted octanol–water partition coefficient (Wildman–Crippen LogP) is 3.77. The van der Waals surface area contributed by atoms with Crippen molar-refractivity contribution >= 4 is 17.7 Å². The number of halogens is 3. The van der Waals surface area contributed by atoms with Crippen molar-refractivity contribution < 1.29 is 27.1 Å². The molecule has 2 aromatic rings. The van der Waals surface area contributed by atoms with Gasteiger partial charge in [-0.3, -0.25) is 0 Å². The van der Waals surface area contributed by atoms with Crippen molar-refractivity contribution in [2.75, 3.05) is 7.11 Å². The number of pyridine rings is 1. The van der Waals surface area contributed by atoms with E-state index in [2.05, 4.69) is 9.72 Å². The van der Waals surface area contributed by atoms with E-state index >= 15 is 0 Å². The van der Waals surface area contributed by atoms with Gasteiger partial charge in [-0.25, -0.2) is 9.78 Å². The number of methoxy groups -OCH3 is 1. The lowest BCUT2D eigenvalue weighted by atomic mass is 10.3. The zero-order valence-electron chi connectivity index (χ0n) is 10.8. The minimum Gasteiger partial charge on any atom is -0.463 e. The highest BCUT2D eigenvalue weighted by Crippen LogP contribution is 2.30. The zero-order valence-corrected chi connectivity index (χ0v) is 11.6. The second-order valence-corrected chi connectivity index (χ2v) is 4.93. The number of hydrogen-bond acceptors (Lipinski definition) is 5. The average Bonchev–Trinajstić information content (AvgIpc) is 2.92. The largest absolute Gasteiger partial charge is 0.463 e. The van der Waals surface area contributed by atoms with Crippen LogP contribution in [0.1, 0.15) is 21.7 Å². The molecule has 0 aromatic carbocycles. The number of nitrogens with zero attached hydrogens (tertiary/aromatic N) is 1. The number of carbonyl (C=O) groups is 1. The molecule has 0 fully saturated rings. The number of alkyl halides is 3. The quantitative estimate of drug-likeness (QED) is 0.634. The first-order valence-corrected chi connectivity index (χ1v) is 6.71. The van der Waals surface area contributed by atoms with Crippen molar-refractivity contribution in [2.45, 2.75) is 17.0 Å². The standard InChI is InChI=1S/C13H10F3NO3S/c1-19-12(18)11-8(4-5-20-11)7-21-10-3-2-9(6-17-10)13(14,15)16/h2-6H,7H2,1H3. The van der Waals surface area contributed by atoms with Gasteiger partial charge >= 0.3 is 12.1 Å². The number of aromatic nitrogens is 1.